The van der Waals surface area contributed by atoms with Crippen LogP contribution in [0.2, 0.25) is 19.6 Å². The molecular formula is C32H28IrN2OSi-2. The molecule has 3 nitrogen and oxygen atoms in total. The van der Waals surface area contributed by atoms with Crippen molar-refractivity contribution in [2.24, 2.45) is 0 Å². The summed E-state index contributed by atoms with van der Waals surface area (Å²) in [6.45, 7) is 9.09. The molecule has 6 rings (SSSR count). The van der Waals surface area contributed by atoms with Crippen LogP contribution in [0.3, 0.4) is 0 Å². The molecular weight excluding hydrogens is 649 g/mol. The normalized spacial score (nSPS) is 11.0. The molecule has 3 aromatic carbocycles. The third-order valence-electron chi connectivity index (χ3n) is 6.10. The van der Waals surface area contributed by atoms with Crippen LogP contribution in [0.25, 0.3) is 44.5 Å². The fraction of sp³-hybridized carbons (Fsp3) is 0.125. The van der Waals surface area contributed by atoms with Crippen LogP contribution < -0.4 is 5.19 Å². The van der Waals surface area contributed by atoms with Gasteiger partial charge in [0, 0.05) is 37.1 Å². The number of pyridine rings is 2. The predicted molar refractivity (Wildman–Crippen MR) is 152 cm³/mol. The molecule has 0 bridgehead atoms. The van der Waals surface area contributed by atoms with Crippen LogP contribution in [0, 0.1) is 19.1 Å². The van der Waals surface area contributed by atoms with E-state index in [-0.39, 0.29) is 20.1 Å². The van der Waals surface area contributed by atoms with Gasteiger partial charge < -0.3 is 14.4 Å². The number of hydrogen-bond acceptors (Lipinski definition) is 3. The first-order valence-corrected chi connectivity index (χ1v) is 15.6. The van der Waals surface area contributed by atoms with E-state index in [1.54, 1.807) is 0 Å². The summed E-state index contributed by atoms with van der Waals surface area (Å²) >= 11 is 0. The number of aromatic nitrogens is 2. The summed E-state index contributed by atoms with van der Waals surface area (Å²) in [5.41, 5.74) is 6.94. The Kier molecular flexibility index (Phi) is 8.18. The van der Waals surface area contributed by atoms with Crippen molar-refractivity contribution in [3.05, 3.63) is 115 Å². The van der Waals surface area contributed by atoms with Crippen molar-refractivity contribution in [1.29, 1.82) is 0 Å². The number of fused-ring (bicyclic) bond motifs is 3. The second kappa shape index (κ2) is 11.3. The number of furan rings is 1. The van der Waals surface area contributed by atoms with E-state index in [9.17, 15) is 0 Å². The summed E-state index contributed by atoms with van der Waals surface area (Å²) < 4.78 is 5.86. The Morgan fingerprint density at radius 1 is 0.676 bits per heavy atom. The third kappa shape index (κ3) is 6.14. The number of aryl methyl sites for hydroxylation is 1. The molecule has 0 amide bonds. The molecule has 37 heavy (non-hydrogen) atoms. The van der Waals surface area contributed by atoms with Gasteiger partial charge in [-0.25, -0.2) is 0 Å². The van der Waals surface area contributed by atoms with Gasteiger partial charge >= 0.3 is 0 Å². The third-order valence-corrected chi connectivity index (χ3v) is 8.15. The van der Waals surface area contributed by atoms with Crippen molar-refractivity contribution in [1.82, 2.24) is 9.97 Å². The van der Waals surface area contributed by atoms with E-state index in [0.717, 1.165) is 44.5 Å². The first-order valence-electron chi connectivity index (χ1n) is 12.1. The zero-order valence-corrected chi connectivity index (χ0v) is 24.8. The van der Waals surface area contributed by atoms with E-state index in [0.29, 0.717) is 0 Å². The molecule has 0 saturated heterocycles. The minimum atomic E-state index is -1.35. The fourth-order valence-electron chi connectivity index (χ4n) is 4.04. The summed E-state index contributed by atoms with van der Waals surface area (Å²) in [4.78, 5) is 8.90. The number of nitrogens with zero attached hydrogens (tertiary/aromatic N) is 2. The molecule has 0 aliphatic heterocycles. The van der Waals surface area contributed by atoms with Gasteiger partial charge in [-0.2, -0.15) is 0 Å². The summed E-state index contributed by atoms with van der Waals surface area (Å²) in [5, 5.41) is 3.66. The average molecular weight is 677 g/mol. The van der Waals surface area contributed by atoms with Crippen molar-refractivity contribution in [3.8, 4) is 22.5 Å². The second-order valence-corrected chi connectivity index (χ2v) is 15.0. The predicted octanol–water partition coefficient (Wildman–Crippen LogP) is 7.85. The number of para-hydroxylation sites is 1. The molecule has 0 N–H and O–H groups in total. The second-order valence-electron chi connectivity index (χ2n) is 9.90. The summed E-state index contributed by atoms with van der Waals surface area (Å²) in [6.07, 6.45) is 3.69. The molecule has 5 heteroatoms. The Bertz CT molecular complexity index is 1620. The number of benzene rings is 3. The maximum Gasteiger partial charge on any atom is 0.151 e. The Morgan fingerprint density at radius 2 is 1.43 bits per heavy atom. The Labute approximate surface area is 233 Å². The van der Waals surface area contributed by atoms with Crippen LogP contribution in [-0.4, -0.2) is 18.0 Å². The van der Waals surface area contributed by atoms with Gasteiger partial charge in [-0.3, -0.25) is 0 Å². The Hall–Kier alpha value is -3.37. The van der Waals surface area contributed by atoms with Crippen LogP contribution in [-0.2, 0) is 20.1 Å². The molecule has 0 spiro atoms. The van der Waals surface area contributed by atoms with Gasteiger partial charge in [0.05, 0.1) is 14.3 Å². The van der Waals surface area contributed by atoms with E-state index in [1.165, 1.54) is 10.8 Å². The van der Waals surface area contributed by atoms with Crippen LogP contribution in [0.4, 0.5) is 0 Å². The van der Waals surface area contributed by atoms with E-state index in [2.05, 4.69) is 72.1 Å². The van der Waals surface area contributed by atoms with Crippen molar-refractivity contribution in [2.45, 2.75) is 26.6 Å². The van der Waals surface area contributed by atoms with Crippen molar-refractivity contribution < 1.29 is 24.5 Å². The number of rotatable bonds is 3. The maximum atomic E-state index is 5.86. The molecule has 0 fully saturated rings. The van der Waals surface area contributed by atoms with Crippen LogP contribution >= 0.6 is 0 Å². The number of hydrogen-bond donors (Lipinski definition) is 0. The largest absolute Gasteiger partial charge is 0.455 e. The van der Waals surface area contributed by atoms with E-state index >= 15 is 0 Å². The van der Waals surface area contributed by atoms with Crippen molar-refractivity contribution in [3.63, 3.8) is 0 Å². The minimum Gasteiger partial charge on any atom is -0.455 e. The van der Waals surface area contributed by atoms with Crippen LogP contribution in [0.15, 0.2) is 102 Å². The smallest absolute Gasteiger partial charge is 0.151 e. The standard InChI is InChI=1S/C20H18NOSi.C12H10N.Ir/c1-23(2,3)15-8-6-7-14(11-15)18-12-17-16-9-4-5-10-19(16)22-20(17)13-21-18;1-10-7-8-12(13-9-10)11-5-3-2-4-6-11;/h4-6,8-13H,1-3H3;2-5,7-9H,1H3;/q2*-1;. The van der Waals surface area contributed by atoms with Gasteiger partial charge in [0.1, 0.15) is 5.58 Å². The molecule has 187 valence electrons. The van der Waals surface area contributed by atoms with Crippen LogP contribution in [0.1, 0.15) is 5.56 Å². The van der Waals surface area contributed by atoms with Crippen LogP contribution in [0.5, 0.6) is 0 Å². The quantitative estimate of drug-likeness (QED) is 0.142. The summed E-state index contributed by atoms with van der Waals surface area (Å²) in [6, 6.07) is 35.1. The van der Waals surface area contributed by atoms with E-state index < -0.39 is 8.07 Å². The summed E-state index contributed by atoms with van der Waals surface area (Å²) in [5.74, 6) is 0. The van der Waals surface area contributed by atoms with Gasteiger partial charge in [-0.05, 0) is 29.9 Å². The molecule has 0 aliphatic rings. The molecule has 0 atom stereocenters. The summed E-state index contributed by atoms with van der Waals surface area (Å²) in [7, 11) is -1.35. The molecule has 3 heterocycles. The maximum absolute atomic E-state index is 5.86. The zero-order chi connectivity index (χ0) is 25.1. The monoisotopic (exact) mass is 677 g/mol. The van der Waals surface area contributed by atoms with Gasteiger partial charge in [0.2, 0.25) is 0 Å². The van der Waals surface area contributed by atoms with Gasteiger partial charge in [-0.15, -0.1) is 70.9 Å². The fourth-order valence-corrected chi connectivity index (χ4v) is 5.20. The zero-order valence-electron chi connectivity index (χ0n) is 21.4. The van der Waals surface area contributed by atoms with Gasteiger partial charge in [0.15, 0.2) is 5.58 Å². The Morgan fingerprint density at radius 3 is 2.16 bits per heavy atom. The minimum absolute atomic E-state index is 0. The molecule has 1 radical (unpaired) electrons. The average Bonchev–Trinajstić information content (AvgIpc) is 3.28. The topological polar surface area (TPSA) is 38.9 Å². The SMILES string of the molecule is C[Si](C)(C)c1cc[c-]c(-c2cc3c(cn2)oc2ccccc23)c1.Cc1ccc(-c2[c-]cccc2)nc1.[Ir]. The molecule has 6 aromatic rings. The molecule has 3 aromatic heterocycles. The van der Waals surface area contributed by atoms with Gasteiger partial charge in [-0.1, -0.05) is 56.0 Å². The molecule has 0 aliphatic carbocycles. The Balaban J connectivity index is 0.000000195. The first-order chi connectivity index (χ1) is 17.4. The van der Waals surface area contributed by atoms with Crippen molar-refractivity contribution in [2.75, 3.05) is 0 Å². The molecule has 0 saturated carbocycles. The van der Waals surface area contributed by atoms with Gasteiger partial charge in [0.25, 0.3) is 0 Å². The van der Waals surface area contributed by atoms with E-state index in [1.807, 2.05) is 73.9 Å². The van der Waals surface area contributed by atoms with E-state index in [4.69, 9.17) is 4.42 Å². The first kappa shape index (κ1) is 26.7. The molecule has 0 unspecified atom stereocenters. The van der Waals surface area contributed by atoms with Crippen molar-refractivity contribution >= 4 is 35.2 Å².